The number of likely N-dealkylation sites (tertiary alicyclic amines) is 2. The molecule has 146 valence electrons. The SMILES string of the molecule is Cc1ccc([C@@H]2CCCN2C(=O)[C@H]2CC(=O)N(Cc3ccccn3)C2)cc1C. The average Bonchev–Trinajstić information content (AvgIpc) is 3.32. The molecule has 1 aromatic heterocycles. The minimum atomic E-state index is -0.247. The lowest BCUT2D eigenvalue weighted by Crippen LogP contribution is -2.37. The molecule has 1 aromatic carbocycles. The lowest BCUT2D eigenvalue weighted by molar-refractivity contribution is -0.136. The molecule has 0 spiro atoms. The van der Waals surface area contributed by atoms with Crippen molar-refractivity contribution in [2.24, 2.45) is 5.92 Å². The number of amides is 2. The summed E-state index contributed by atoms with van der Waals surface area (Å²) in [6.45, 7) is 5.97. The van der Waals surface area contributed by atoms with E-state index in [-0.39, 0.29) is 23.8 Å². The first kappa shape index (κ1) is 18.7. The van der Waals surface area contributed by atoms with Crippen molar-refractivity contribution in [3.8, 4) is 0 Å². The summed E-state index contributed by atoms with van der Waals surface area (Å²) in [7, 11) is 0. The Morgan fingerprint density at radius 2 is 2.04 bits per heavy atom. The minimum absolute atomic E-state index is 0.0472. The second kappa shape index (κ2) is 7.74. The number of hydrogen-bond donors (Lipinski definition) is 0. The van der Waals surface area contributed by atoms with Gasteiger partial charge in [-0.25, -0.2) is 0 Å². The first-order chi connectivity index (χ1) is 13.5. The van der Waals surface area contributed by atoms with Crippen molar-refractivity contribution in [3.63, 3.8) is 0 Å². The quantitative estimate of drug-likeness (QED) is 0.820. The lowest BCUT2D eigenvalue weighted by Gasteiger charge is -2.28. The molecule has 5 nitrogen and oxygen atoms in total. The predicted molar refractivity (Wildman–Crippen MR) is 107 cm³/mol. The normalized spacial score (nSPS) is 22.1. The molecular weight excluding hydrogens is 350 g/mol. The van der Waals surface area contributed by atoms with E-state index >= 15 is 0 Å². The monoisotopic (exact) mass is 377 g/mol. The number of nitrogens with zero attached hydrogens (tertiary/aromatic N) is 3. The third-order valence-electron chi connectivity index (χ3n) is 6.09. The van der Waals surface area contributed by atoms with Crippen molar-refractivity contribution in [1.29, 1.82) is 0 Å². The van der Waals surface area contributed by atoms with Gasteiger partial charge in [0.1, 0.15) is 0 Å². The fourth-order valence-corrected chi connectivity index (χ4v) is 4.36. The van der Waals surface area contributed by atoms with E-state index in [2.05, 4.69) is 37.0 Å². The van der Waals surface area contributed by atoms with Gasteiger partial charge in [0.25, 0.3) is 0 Å². The van der Waals surface area contributed by atoms with E-state index in [1.54, 1.807) is 11.1 Å². The van der Waals surface area contributed by atoms with Gasteiger partial charge in [-0.05, 0) is 55.5 Å². The van der Waals surface area contributed by atoms with Gasteiger partial charge in [0.05, 0.1) is 24.2 Å². The van der Waals surface area contributed by atoms with Crippen LogP contribution in [0.1, 0.15) is 47.7 Å². The van der Waals surface area contributed by atoms with E-state index < -0.39 is 0 Å². The van der Waals surface area contributed by atoms with Gasteiger partial charge < -0.3 is 9.80 Å². The van der Waals surface area contributed by atoms with E-state index in [0.29, 0.717) is 19.5 Å². The molecule has 2 aromatic rings. The van der Waals surface area contributed by atoms with Crippen LogP contribution in [0, 0.1) is 19.8 Å². The van der Waals surface area contributed by atoms with Crippen LogP contribution in [0.2, 0.25) is 0 Å². The Morgan fingerprint density at radius 3 is 2.79 bits per heavy atom. The summed E-state index contributed by atoms with van der Waals surface area (Å²) in [5.41, 5.74) is 4.60. The van der Waals surface area contributed by atoms with Crippen LogP contribution in [-0.4, -0.2) is 39.7 Å². The molecule has 0 saturated carbocycles. The molecule has 28 heavy (non-hydrogen) atoms. The zero-order chi connectivity index (χ0) is 19.7. The zero-order valence-electron chi connectivity index (χ0n) is 16.6. The molecule has 4 rings (SSSR count). The van der Waals surface area contributed by atoms with Crippen molar-refractivity contribution < 1.29 is 9.59 Å². The average molecular weight is 377 g/mol. The number of benzene rings is 1. The van der Waals surface area contributed by atoms with E-state index in [4.69, 9.17) is 0 Å². The number of carbonyl (C=O) groups is 2. The highest BCUT2D eigenvalue weighted by Gasteiger charge is 2.40. The van der Waals surface area contributed by atoms with E-state index in [0.717, 1.165) is 25.1 Å². The summed E-state index contributed by atoms with van der Waals surface area (Å²) in [6.07, 6.45) is 4.05. The van der Waals surface area contributed by atoms with Gasteiger partial charge in [-0.3, -0.25) is 14.6 Å². The number of pyridine rings is 1. The van der Waals surface area contributed by atoms with Crippen LogP contribution in [0.3, 0.4) is 0 Å². The third kappa shape index (κ3) is 3.66. The van der Waals surface area contributed by atoms with Gasteiger partial charge in [-0.15, -0.1) is 0 Å². The summed E-state index contributed by atoms with van der Waals surface area (Å²) in [5, 5.41) is 0. The highest BCUT2D eigenvalue weighted by atomic mass is 16.2. The van der Waals surface area contributed by atoms with Crippen LogP contribution in [0.15, 0.2) is 42.6 Å². The molecule has 3 heterocycles. The van der Waals surface area contributed by atoms with E-state index in [1.807, 2.05) is 23.1 Å². The molecule has 2 atom stereocenters. The number of hydrogen-bond acceptors (Lipinski definition) is 3. The highest BCUT2D eigenvalue weighted by molar-refractivity contribution is 5.89. The first-order valence-electron chi connectivity index (χ1n) is 10.1. The van der Waals surface area contributed by atoms with E-state index in [1.165, 1.54) is 16.7 Å². The molecule has 2 fully saturated rings. The fraction of sp³-hybridized carbons (Fsp3) is 0.435. The molecule has 2 aliphatic rings. The second-order valence-electron chi connectivity index (χ2n) is 8.03. The van der Waals surface area contributed by atoms with Crippen molar-refractivity contribution in [3.05, 3.63) is 65.0 Å². The van der Waals surface area contributed by atoms with Gasteiger partial charge in [-0.2, -0.15) is 0 Å². The Balaban J connectivity index is 1.46. The standard InChI is InChI=1S/C23H27N3O2/c1-16-8-9-18(12-17(16)2)21-7-5-11-26(21)23(28)19-13-22(27)25(14-19)15-20-6-3-4-10-24-20/h3-4,6,8-10,12,19,21H,5,7,11,13-15H2,1-2H3/t19-,21-/m0/s1. The molecule has 0 radical (unpaired) electrons. The van der Waals surface area contributed by atoms with Crippen LogP contribution >= 0.6 is 0 Å². The summed E-state index contributed by atoms with van der Waals surface area (Å²) in [4.78, 5) is 33.8. The molecule has 2 amide bonds. The molecule has 2 aliphatic heterocycles. The Labute approximate surface area is 166 Å². The number of aryl methyl sites for hydroxylation is 2. The summed E-state index contributed by atoms with van der Waals surface area (Å²) < 4.78 is 0. The second-order valence-corrected chi connectivity index (χ2v) is 8.03. The molecular formula is C23H27N3O2. The van der Waals surface area contributed by atoms with Crippen molar-refractivity contribution in [2.75, 3.05) is 13.1 Å². The Hall–Kier alpha value is -2.69. The van der Waals surface area contributed by atoms with Crippen molar-refractivity contribution >= 4 is 11.8 Å². The third-order valence-corrected chi connectivity index (χ3v) is 6.09. The maximum absolute atomic E-state index is 13.3. The Bertz CT molecular complexity index is 881. The van der Waals surface area contributed by atoms with Crippen LogP contribution < -0.4 is 0 Å². The predicted octanol–water partition coefficient (Wildman–Crippen LogP) is 3.41. The minimum Gasteiger partial charge on any atom is -0.336 e. The molecule has 0 unspecified atom stereocenters. The van der Waals surface area contributed by atoms with Gasteiger partial charge in [0.15, 0.2) is 0 Å². The maximum Gasteiger partial charge on any atom is 0.228 e. The zero-order valence-corrected chi connectivity index (χ0v) is 16.6. The largest absolute Gasteiger partial charge is 0.336 e. The number of carbonyl (C=O) groups excluding carboxylic acids is 2. The summed E-state index contributed by atoms with van der Waals surface area (Å²) in [6, 6.07) is 12.3. The van der Waals surface area contributed by atoms with Gasteiger partial charge in [0, 0.05) is 25.7 Å². The first-order valence-corrected chi connectivity index (χ1v) is 10.1. The lowest BCUT2D eigenvalue weighted by atomic mass is 9.98. The summed E-state index contributed by atoms with van der Waals surface area (Å²) in [5.74, 6) is -0.0770. The molecule has 2 saturated heterocycles. The van der Waals surface area contributed by atoms with Crippen LogP contribution in [0.5, 0.6) is 0 Å². The van der Waals surface area contributed by atoms with Crippen LogP contribution in [-0.2, 0) is 16.1 Å². The topological polar surface area (TPSA) is 53.5 Å². The Morgan fingerprint density at radius 1 is 1.18 bits per heavy atom. The van der Waals surface area contributed by atoms with Gasteiger partial charge in [0.2, 0.25) is 11.8 Å². The Kier molecular flexibility index (Phi) is 5.16. The molecule has 0 aliphatic carbocycles. The number of aromatic nitrogens is 1. The smallest absolute Gasteiger partial charge is 0.228 e. The molecule has 0 bridgehead atoms. The highest BCUT2D eigenvalue weighted by Crippen LogP contribution is 2.35. The van der Waals surface area contributed by atoms with Crippen LogP contribution in [0.4, 0.5) is 0 Å². The van der Waals surface area contributed by atoms with Crippen LogP contribution in [0.25, 0.3) is 0 Å². The fourth-order valence-electron chi connectivity index (χ4n) is 4.36. The van der Waals surface area contributed by atoms with Gasteiger partial charge >= 0.3 is 0 Å². The molecule has 0 N–H and O–H groups in total. The number of rotatable bonds is 4. The summed E-state index contributed by atoms with van der Waals surface area (Å²) >= 11 is 0. The molecule has 5 heteroatoms. The maximum atomic E-state index is 13.3. The van der Waals surface area contributed by atoms with Crippen molar-refractivity contribution in [1.82, 2.24) is 14.8 Å². The van der Waals surface area contributed by atoms with Crippen molar-refractivity contribution in [2.45, 2.75) is 45.7 Å². The van der Waals surface area contributed by atoms with Gasteiger partial charge in [-0.1, -0.05) is 24.3 Å². The van der Waals surface area contributed by atoms with E-state index in [9.17, 15) is 9.59 Å².